The van der Waals surface area contributed by atoms with Crippen molar-refractivity contribution >= 4 is 23.3 Å². The fraction of sp³-hybridized carbons (Fsp3) is 0.652. The van der Waals surface area contributed by atoms with Crippen molar-refractivity contribution in [3.63, 3.8) is 0 Å². The van der Waals surface area contributed by atoms with Crippen LogP contribution in [0.15, 0.2) is 23.3 Å². The Hall–Kier alpha value is -2.64. The lowest BCUT2D eigenvalue weighted by Gasteiger charge is -2.24. The van der Waals surface area contributed by atoms with Gasteiger partial charge in [-0.2, -0.15) is 5.53 Å². The first-order valence-corrected chi connectivity index (χ1v) is 11.3. The van der Waals surface area contributed by atoms with E-state index >= 15 is 0 Å². The number of ether oxygens (including phenoxy) is 3. The van der Waals surface area contributed by atoms with Crippen LogP contribution >= 0.6 is 0 Å². The quantitative estimate of drug-likeness (QED) is 0.241. The van der Waals surface area contributed by atoms with E-state index in [2.05, 4.69) is 5.11 Å². The molecule has 0 aromatic heterocycles. The number of esters is 2. The van der Waals surface area contributed by atoms with E-state index < -0.39 is 11.9 Å². The van der Waals surface area contributed by atoms with Gasteiger partial charge < -0.3 is 19.1 Å². The summed E-state index contributed by atoms with van der Waals surface area (Å²) in [7, 11) is 0. The molecule has 0 radical (unpaired) electrons. The summed E-state index contributed by atoms with van der Waals surface area (Å²) in [5.74, 6) is -0.285. The molecule has 2 N–H and O–H groups in total. The first kappa shape index (κ1) is 26.4. The van der Waals surface area contributed by atoms with Gasteiger partial charge in [-0.05, 0) is 42.9 Å². The number of hydrogen-bond acceptors (Lipinski definition) is 7. The number of carbonyl (C=O) groups excluding carboxylic acids is 2. The fourth-order valence-corrected chi connectivity index (χ4v) is 2.84. The molecule has 0 saturated carbocycles. The van der Waals surface area contributed by atoms with E-state index in [9.17, 15) is 9.59 Å². The molecule has 0 aliphatic carbocycles. The van der Waals surface area contributed by atoms with E-state index in [0.29, 0.717) is 30.3 Å². The van der Waals surface area contributed by atoms with Crippen LogP contribution in [0.1, 0.15) is 66.2 Å². The van der Waals surface area contributed by atoms with Crippen LogP contribution in [0.25, 0.3) is 0 Å². The van der Waals surface area contributed by atoms with Crippen molar-refractivity contribution in [3.8, 4) is 5.75 Å². The monoisotopic (exact) mass is 436 g/mol. The highest BCUT2D eigenvalue weighted by Gasteiger charge is 2.20. The number of carbonyl (C=O) groups is 2. The molecular weight excluding hydrogens is 398 g/mol. The average Bonchev–Trinajstić information content (AvgIpc) is 2.77. The van der Waals surface area contributed by atoms with Crippen molar-refractivity contribution in [2.75, 3.05) is 31.2 Å². The summed E-state index contributed by atoms with van der Waals surface area (Å²) in [5, 5.41) is 3.79. The predicted molar refractivity (Wildman–Crippen MR) is 119 cm³/mol. The first-order chi connectivity index (χ1) is 15.0. The maximum absolute atomic E-state index is 12.3. The van der Waals surface area contributed by atoms with Crippen LogP contribution in [0.2, 0.25) is 0 Å². The lowest BCUT2D eigenvalue weighted by atomic mass is 10.2. The van der Waals surface area contributed by atoms with Crippen molar-refractivity contribution in [1.29, 1.82) is 0 Å². The third-order valence-electron chi connectivity index (χ3n) is 4.81. The normalized spacial score (nSPS) is 10.6. The van der Waals surface area contributed by atoms with E-state index in [0.717, 1.165) is 38.5 Å². The Bertz CT molecular complexity index is 668. The minimum Gasteiger partial charge on any atom is -0.488 e. The minimum absolute atomic E-state index is 0.0159. The third-order valence-corrected chi connectivity index (χ3v) is 4.81. The first-order valence-electron chi connectivity index (χ1n) is 11.3. The van der Waals surface area contributed by atoms with Crippen LogP contribution in [-0.2, 0) is 19.1 Å². The minimum atomic E-state index is -0.398. The zero-order chi connectivity index (χ0) is 23.1. The van der Waals surface area contributed by atoms with Gasteiger partial charge in [0.15, 0.2) is 11.4 Å². The summed E-state index contributed by atoms with van der Waals surface area (Å²) >= 11 is 0. The number of nitrogens with two attached hydrogens (primary N) is 1. The fourth-order valence-electron chi connectivity index (χ4n) is 2.84. The summed E-state index contributed by atoms with van der Waals surface area (Å²) < 4.78 is 16.6. The van der Waals surface area contributed by atoms with E-state index in [1.54, 1.807) is 23.1 Å². The van der Waals surface area contributed by atoms with Gasteiger partial charge in [0.2, 0.25) is 0 Å². The van der Waals surface area contributed by atoms with E-state index in [1.165, 1.54) is 0 Å². The summed E-state index contributed by atoms with van der Waals surface area (Å²) in [6.45, 7) is 8.71. The van der Waals surface area contributed by atoms with Gasteiger partial charge in [0.25, 0.3) is 0 Å². The Morgan fingerprint density at radius 2 is 1.52 bits per heavy atom. The second-order valence-corrected chi connectivity index (χ2v) is 7.34. The summed E-state index contributed by atoms with van der Waals surface area (Å²) in [5.41, 5.74) is 6.65. The number of benzene rings is 1. The highest BCUT2D eigenvalue weighted by molar-refractivity contribution is 5.82. The molecule has 0 atom stereocenters. The van der Waals surface area contributed by atoms with Crippen LogP contribution in [0.3, 0.4) is 0 Å². The third kappa shape index (κ3) is 9.81. The largest absolute Gasteiger partial charge is 0.488 e. The molecule has 0 heterocycles. The van der Waals surface area contributed by atoms with Gasteiger partial charge >= 0.3 is 11.9 Å². The maximum Gasteiger partial charge on any atom is 0.325 e. The topological polar surface area (TPSA) is 103 Å². The van der Waals surface area contributed by atoms with Gasteiger partial charge in [0, 0.05) is 11.8 Å². The summed E-state index contributed by atoms with van der Waals surface area (Å²) in [4.78, 5) is 26.3. The van der Waals surface area contributed by atoms with Crippen LogP contribution in [0.4, 0.5) is 11.4 Å². The second kappa shape index (κ2) is 15.2. The Morgan fingerprint density at radius 1 is 0.968 bits per heavy atom. The van der Waals surface area contributed by atoms with Crippen LogP contribution in [0, 0.1) is 0 Å². The van der Waals surface area contributed by atoms with E-state index in [-0.39, 0.29) is 19.2 Å². The SMILES string of the molecule is CCCCOC(=O)CN(CC(=O)OCCCC)c1ccc(N=[NH2+])c(OC(CC)CC)c1. The second-order valence-electron chi connectivity index (χ2n) is 7.34. The molecule has 0 spiro atoms. The zero-order valence-electron chi connectivity index (χ0n) is 19.4. The Balaban J connectivity index is 3.06. The molecule has 0 saturated heterocycles. The number of hydrogen-bond donors (Lipinski definition) is 1. The van der Waals surface area contributed by atoms with Crippen molar-refractivity contribution in [3.05, 3.63) is 18.2 Å². The lowest BCUT2D eigenvalue weighted by Crippen LogP contribution is -2.36. The Kier molecular flexibility index (Phi) is 12.9. The summed E-state index contributed by atoms with van der Waals surface area (Å²) in [6.07, 6.45) is 5.14. The molecule has 1 rings (SSSR count). The zero-order valence-corrected chi connectivity index (χ0v) is 19.4. The van der Waals surface area contributed by atoms with Gasteiger partial charge in [0.05, 0.1) is 19.3 Å². The Labute approximate surface area is 185 Å². The molecule has 8 nitrogen and oxygen atoms in total. The average molecular weight is 437 g/mol. The van der Waals surface area contributed by atoms with Gasteiger partial charge in [0.1, 0.15) is 13.1 Å². The van der Waals surface area contributed by atoms with Crippen molar-refractivity contribution in [1.82, 2.24) is 0 Å². The van der Waals surface area contributed by atoms with Gasteiger partial charge in [-0.3, -0.25) is 9.59 Å². The molecule has 174 valence electrons. The molecule has 31 heavy (non-hydrogen) atoms. The number of anilines is 1. The smallest absolute Gasteiger partial charge is 0.325 e. The molecular formula is C23H38N3O5+. The molecule has 8 heteroatoms. The molecule has 0 bridgehead atoms. The van der Waals surface area contributed by atoms with Gasteiger partial charge in [-0.15, -0.1) is 0 Å². The lowest BCUT2D eigenvalue weighted by molar-refractivity contribution is -0.210. The number of unbranched alkanes of at least 4 members (excludes halogenated alkanes) is 2. The highest BCUT2D eigenvalue weighted by Crippen LogP contribution is 2.33. The van der Waals surface area contributed by atoms with Crippen molar-refractivity contribution in [2.45, 2.75) is 72.3 Å². The molecule has 0 unspecified atom stereocenters. The van der Waals surface area contributed by atoms with Crippen LogP contribution < -0.4 is 15.2 Å². The number of nitrogens with zero attached hydrogens (tertiary/aromatic N) is 2. The summed E-state index contributed by atoms with van der Waals surface area (Å²) in [6, 6.07) is 5.22. The molecule has 0 aliphatic rings. The van der Waals surface area contributed by atoms with Gasteiger partial charge in [-0.25, -0.2) is 0 Å². The van der Waals surface area contributed by atoms with Crippen molar-refractivity contribution in [2.24, 2.45) is 5.11 Å². The number of rotatable bonds is 16. The van der Waals surface area contributed by atoms with Gasteiger partial charge in [-0.1, -0.05) is 40.5 Å². The van der Waals surface area contributed by atoms with E-state index in [4.69, 9.17) is 19.7 Å². The van der Waals surface area contributed by atoms with E-state index in [1.807, 2.05) is 27.7 Å². The van der Waals surface area contributed by atoms with Crippen LogP contribution in [-0.4, -0.2) is 44.3 Å². The molecule has 1 aromatic rings. The highest BCUT2D eigenvalue weighted by atomic mass is 16.5. The maximum atomic E-state index is 12.3. The Morgan fingerprint density at radius 3 is 1.97 bits per heavy atom. The molecule has 0 aliphatic heterocycles. The predicted octanol–water partition coefficient (Wildman–Crippen LogP) is 3.59. The standard InChI is InChI=1S/C23H37N3O5/c1-5-9-13-29-22(27)16-26(17-23(28)30-14-10-6-2)18-11-12-20(25-24)21(15-18)31-19(7-3)8-4/h11-12,15,19,24H,5-10,13-14,16-17H2,1-4H3/p+1. The molecule has 1 aromatic carbocycles. The molecule has 0 fully saturated rings. The van der Waals surface area contributed by atoms with Crippen molar-refractivity contribution < 1.29 is 29.3 Å². The molecule has 0 amide bonds. The van der Waals surface area contributed by atoms with Crippen LogP contribution in [0.5, 0.6) is 5.75 Å².